The third-order valence-corrected chi connectivity index (χ3v) is 3.06. The second-order valence-electron chi connectivity index (χ2n) is 4.74. The number of nitrogens with one attached hydrogen (secondary N) is 1. The summed E-state index contributed by atoms with van der Waals surface area (Å²) in [6, 6.07) is 9.66. The molecule has 120 valence electrons. The van der Waals surface area contributed by atoms with Crippen molar-refractivity contribution < 1.29 is 18.4 Å². The normalized spacial score (nSPS) is 18.4. The molecule has 0 saturated carbocycles. The predicted octanol–water partition coefficient (Wildman–Crippen LogP) is 3.67. The molecule has 0 heterocycles. The van der Waals surface area contributed by atoms with Gasteiger partial charge in [0.1, 0.15) is 11.5 Å². The van der Waals surface area contributed by atoms with E-state index in [1.165, 1.54) is 36.4 Å². The minimum Gasteiger partial charge on any atom is -0.508 e. The summed E-state index contributed by atoms with van der Waals surface area (Å²) in [5, 5.41) is 21.2. The summed E-state index contributed by atoms with van der Waals surface area (Å²) >= 11 is 0. The van der Waals surface area contributed by atoms with Crippen LogP contribution in [-0.2, 0) is 12.8 Å². The highest BCUT2D eigenvalue weighted by Gasteiger charge is 2.02. The predicted molar refractivity (Wildman–Crippen MR) is 93.0 cm³/mol. The van der Waals surface area contributed by atoms with E-state index in [0.29, 0.717) is 12.0 Å². The average molecular weight is 328 g/mol. The van der Waals surface area contributed by atoms with Gasteiger partial charge in [-0.25, -0.2) is 0 Å². The highest BCUT2D eigenvalue weighted by atomic mass is 35.5. The van der Waals surface area contributed by atoms with E-state index >= 15 is 0 Å². The van der Waals surface area contributed by atoms with Crippen LogP contribution >= 0.6 is 12.4 Å². The van der Waals surface area contributed by atoms with Gasteiger partial charge in [0.2, 0.25) is 0 Å². The summed E-state index contributed by atoms with van der Waals surface area (Å²) in [5.41, 5.74) is 1.31. The molecule has 2 aromatic carbocycles. The lowest BCUT2D eigenvalue weighted by molar-refractivity contribution is 0.474. The largest absolute Gasteiger partial charge is 0.508 e. The van der Waals surface area contributed by atoms with Crippen LogP contribution in [0.1, 0.15) is 32.6 Å². The molecular formula is C18H24ClNO2. The Morgan fingerprint density at radius 2 is 1.50 bits per heavy atom. The Balaban J connectivity index is 0.00000392. The van der Waals surface area contributed by atoms with Gasteiger partial charge in [-0.2, -0.15) is 0 Å². The third kappa shape index (κ3) is 6.37. The zero-order chi connectivity index (χ0) is 20.3. The van der Waals surface area contributed by atoms with Crippen molar-refractivity contribution in [3.8, 4) is 11.5 Å². The van der Waals surface area contributed by atoms with E-state index in [1.54, 1.807) is 12.1 Å². The lowest BCUT2D eigenvalue weighted by Gasteiger charge is -2.14. The Morgan fingerprint density at radius 3 is 2.00 bits per heavy atom. The van der Waals surface area contributed by atoms with Gasteiger partial charge < -0.3 is 15.5 Å². The van der Waals surface area contributed by atoms with Crippen LogP contribution in [0, 0.1) is 0 Å². The standard InChI is InChI=1S/C18H23NO2.ClH/c1-14(2-3-15-4-8-17(20)9-5-15)19-13-12-16-6-10-18(21)11-7-16;/h4-11,14,19-21H,2-3,12-13H2,1H3;1H/i1D3,2D2,14D;. The number of phenols is 2. The quantitative estimate of drug-likeness (QED) is 0.727. The number of benzene rings is 2. The van der Waals surface area contributed by atoms with Crippen LogP contribution in [0.4, 0.5) is 0 Å². The number of aromatic hydroxyl groups is 2. The van der Waals surface area contributed by atoms with Gasteiger partial charge in [-0.1, -0.05) is 24.3 Å². The van der Waals surface area contributed by atoms with Crippen molar-refractivity contribution in [1.29, 1.82) is 0 Å². The molecule has 0 spiro atoms. The Kier molecular flexibility index (Phi) is 4.64. The Morgan fingerprint density at radius 1 is 1.00 bits per heavy atom. The van der Waals surface area contributed by atoms with E-state index in [9.17, 15) is 10.2 Å². The second-order valence-corrected chi connectivity index (χ2v) is 4.74. The molecule has 0 aliphatic heterocycles. The highest BCUT2D eigenvalue weighted by Crippen LogP contribution is 2.12. The fraction of sp³-hybridized carbons (Fsp3) is 0.333. The molecule has 2 aromatic rings. The molecule has 0 aromatic heterocycles. The van der Waals surface area contributed by atoms with E-state index in [4.69, 9.17) is 8.22 Å². The average Bonchev–Trinajstić information content (AvgIpc) is 2.57. The van der Waals surface area contributed by atoms with Crippen molar-refractivity contribution in [3.63, 3.8) is 0 Å². The molecule has 0 saturated heterocycles. The van der Waals surface area contributed by atoms with Crippen molar-refractivity contribution in [2.45, 2.75) is 32.1 Å². The van der Waals surface area contributed by atoms with Crippen molar-refractivity contribution >= 4 is 12.4 Å². The van der Waals surface area contributed by atoms with E-state index in [2.05, 4.69) is 5.32 Å². The Bertz CT molecular complexity index is 752. The monoisotopic (exact) mass is 327 g/mol. The van der Waals surface area contributed by atoms with Gasteiger partial charge in [0, 0.05) is 14.2 Å². The lowest BCUT2D eigenvalue weighted by atomic mass is 10.1. The molecule has 0 fully saturated rings. The van der Waals surface area contributed by atoms with Gasteiger partial charge in [-0.3, -0.25) is 0 Å². The molecule has 0 amide bonds. The number of hydrogen-bond acceptors (Lipinski definition) is 3. The molecule has 3 nitrogen and oxygen atoms in total. The minimum atomic E-state index is -2.90. The maximum absolute atomic E-state index is 9.34. The lowest BCUT2D eigenvalue weighted by Crippen LogP contribution is -2.28. The third-order valence-electron chi connectivity index (χ3n) is 3.06. The van der Waals surface area contributed by atoms with Crippen LogP contribution < -0.4 is 5.32 Å². The first-order valence-electron chi connectivity index (χ1n) is 9.75. The van der Waals surface area contributed by atoms with Crippen LogP contribution in [0.3, 0.4) is 0 Å². The summed E-state index contributed by atoms with van der Waals surface area (Å²) in [7, 11) is 0. The van der Waals surface area contributed by atoms with Crippen LogP contribution in [0.2, 0.25) is 0 Å². The number of phenolic OH excluding ortho intramolecular Hbond substituents is 2. The minimum absolute atomic E-state index is 0. The maximum Gasteiger partial charge on any atom is 0.115 e. The zero-order valence-corrected chi connectivity index (χ0v) is 12.9. The van der Waals surface area contributed by atoms with Gasteiger partial charge in [-0.05, 0) is 68.0 Å². The van der Waals surface area contributed by atoms with Crippen LogP contribution in [0.5, 0.6) is 11.5 Å². The van der Waals surface area contributed by atoms with E-state index in [0.717, 1.165) is 5.56 Å². The fourth-order valence-corrected chi connectivity index (χ4v) is 1.86. The van der Waals surface area contributed by atoms with Gasteiger partial charge in [0.05, 0.1) is 0 Å². The molecule has 22 heavy (non-hydrogen) atoms. The Hall–Kier alpha value is -1.71. The summed E-state index contributed by atoms with van der Waals surface area (Å²) in [6.07, 6.45) is -2.31. The van der Waals surface area contributed by atoms with E-state index < -0.39 is 19.2 Å². The van der Waals surface area contributed by atoms with Crippen molar-refractivity contribution in [2.75, 3.05) is 6.54 Å². The molecule has 2 rings (SSSR count). The first kappa shape index (κ1) is 10.9. The van der Waals surface area contributed by atoms with Crippen LogP contribution in [0.25, 0.3) is 0 Å². The molecule has 0 aliphatic rings. The SMILES string of the molecule is Cl.[2H]C([2H])([2H])C([2H])(NCCc1ccc(O)cc1)C([2H])([2H])Cc1ccc(O)cc1. The fourth-order valence-electron chi connectivity index (χ4n) is 1.86. The molecule has 3 N–H and O–H groups in total. The van der Waals surface area contributed by atoms with Gasteiger partial charge in [0.25, 0.3) is 0 Å². The van der Waals surface area contributed by atoms with Crippen LogP contribution in [-0.4, -0.2) is 22.8 Å². The summed E-state index contributed by atoms with van der Waals surface area (Å²) in [6.45, 7) is -2.82. The molecule has 4 heteroatoms. The first-order valence-corrected chi connectivity index (χ1v) is 6.75. The summed E-state index contributed by atoms with van der Waals surface area (Å²) in [5.74, 6) is 0.147. The van der Waals surface area contributed by atoms with Crippen LogP contribution in [0.15, 0.2) is 48.5 Å². The van der Waals surface area contributed by atoms with Crippen molar-refractivity contribution in [3.05, 3.63) is 59.7 Å². The molecular weight excluding hydrogens is 298 g/mol. The molecule has 0 aliphatic carbocycles. The number of halogens is 1. The summed E-state index contributed by atoms with van der Waals surface area (Å²) < 4.78 is 48.2. The first-order chi connectivity index (χ1) is 12.4. The van der Waals surface area contributed by atoms with Crippen molar-refractivity contribution in [1.82, 2.24) is 5.32 Å². The van der Waals surface area contributed by atoms with E-state index in [-0.39, 0.29) is 36.9 Å². The second kappa shape index (κ2) is 9.34. The number of aryl methyl sites for hydroxylation is 1. The highest BCUT2D eigenvalue weighted by molar-refractivity contribution is 5.85. The van der Waals surface area contributed by atoms with Crippen molar-refractivity contribution in [2.24, 2.45) is 0 Å². The molecule has 1 atom stereocenters. The van der Waals surface area contributed by atoms with Gasteiger partial charge >= 0.3 is 0 Å². The van der Waals surface area contributed by atoms with Gasteiger partial charge in [-0.15, -0.1) is 12.4 Å². The smallest absolute Gasteiger partial charge is 0.115 e. The molecule has 1 unspecified atom stereocenters. The zero-order valence-electron chi connectivity index (χ0n) is 18.0. The molecule has 0 bridgehead atoms. The Labute approximate surface area is 146 Å². The number of hydrogen-bond donors (Lipinski definition) is 3. The van der Waals surface area contributed by atoms with Gasteiger partial charge in [0.15, 0.2) is 0 Å². The maximum atomic E-state index is 9.34. The van der Waals surface area contributed by atoms with E-state index in [1.807, 2.05) is 0 Å². The molecule has 0 radical (unpaired) electrons. The summed E-state index contributed by atoms with van der Waals surface area (Å²) in [4.78, 5) is 0. The number of rotatable bonds is 7. The topological polar surface area (TPSA) is 52.5 Å².